The van der Waals surface area contributed by atoms with E-state index in [1.165, 1.54) is 12.0 Å². The zero-order chi connectivity index (χ0) is 28.5. The largest absolute Gasteiger partial charge is 0.467 e. The lowest BCUT2D eigenvalue weighted by Crippen LogP contribution is -2.75. The molecule has 1 fully saturated rings. The quantitative estimate of drug-likeness (QED) is 0.336. The van der Waals surface area contributed by atoms with Crippen molar-refractivity contribution in [1.82, 2.24) is 15.5 Å². The molecule has 0 bridgehead atoms. The first-order valence-electron chi connectivity index (χ1n) is 13.0. The lowest BCUT2D eigenvalue weighted by molar-refractivity contribution is -0.159. The molecule has 0 spiro atoms. The van der Waals surface area contributed by atoms with Crippen LogP contribution in [-0.4, -0.2) is 60.1 Å². The van der Waals surface area contributed by atoms with Crippen molar-refractivity contribution < 1.29 is 28.7 Å². The first-order valence-corrected chi connectivity index (χ1v) is 13.0. The fraction of sp³-hybridized carbons (Fsp3) is 0.400. The lowest BCUT2D eigenvalue weighted by atomic mass is 9.87. The van der Waals surface area contributed by atoms with E-state index in [9.17, 15) is 19.2 Å². The van der Waals surface area contributed by atoms with Crippen LogP contribution in [0.2, 0.25) is 0 Å². The SMILES string of the molecule is COC(=O)[C@@H](NC(=O)[C@H](C(C)C)N1C(=O)C(NC(=O)OCc2ccccc2)C1C=Cc1ccccc1)C(C)C. The van der Waals surface area contributed by atoms with Gasteiger partial charge in [0.05, 0.1) is 13.2 Å². The number of carbonyl (C=O) groups excluding carboxylic acids is 4. The number of likely N-dealkylation sites (tertiary alicyclic amines) is 1. The molecule has 4 atom stereocenters. The summed E-state index contributed by atoms with van der Waals surface area (Å²) >= 11 is 0. The minimum absolute atomic E-state index is 0.0585. The van der Waals surface area contributed by atoms with Gasteiger partial charge < -0.3 is 25.0 Å². The van der Waals surface area contributed by atoms with E-state index in [2.05, 4.69) is 10.6 Å². The molecular formula is C30H37N3O6. The molecule has 1 saturated heterocycles. The number of esters is 1. The standard InChI is InChI=1S/C30H37N3O6/c1-19(2)24(29(36)38-5)31-27(34)26(20(3)4)33-23(17-16-21-12-8-6-9-13-21)25(28(33)35)32-30(37)39-18-22-14-10-7-11-15-22/h6-17,19-20,23-26H,18H2,1-5H3,(H,31,34)(H,32,37)/t23?,24-,25?,26-/m0/s1. The number of hydrogen-bond donors (Lipinski definition) is 2. The second kappa shape index (κ2) is 13.6. The van der Waals surface area contributed by atoms with Gasteiger partial charge in [-0.15, -0.1) is 0 Å². The third-order valence-electron chi connectivity index (χ3n) is 6.57. The first kappa shape index (κ1) is 29.4. The summed E-state index contributed by atoms with van der Waals surface area (Å²) in [5, 5.41) is 5.43. The van der Waals surface area contributed by atoms with Gasteiger partial charge in [0.15, 0.2) is 0 Å². The van der Waals surface area contributed by atoms with Crippen LogP contribution in [0.5, 0.6) is 0 Å². The summed E-state index contributed by atoms with van der Waals surface area (Å²) in [5.41, 5.74) is 1.72. The van der Waals surface area contributed by atoms with E-state index in [4.69, 9.17) is 9.47 Å². The van der Waals surface area contributed by atoms with E-state index in [0.717, 1.165) is 11.1 Å². The molecule has 0 aromatic heterocycles. The number of β-lactam (4-membered cyclic amide) rings is 1. The third-order valence-corrected chi connectivity index (χ3v) is 6.57. The van der Waals surface area contributed by atoms with Crippen LogP contribution in [-0.2, 0) is 30.5 Å². The highest BCUT2D eigenvalue weighted by Crippen LogP contribution is 2.29. The Morgan fingerprint density at radius 2 is 1.56 bits per heavy atom. The van der Waals surface area contributed by atoms with Gasteiger partial charge in [-0.1, -0.05) is 101 Å². The molecule has 2 N–H and O–H groups in total. The zero-order valence-corrected chi connectivity index (χ0v) is 23.0. The second-order valence-electron chi connectivity index (χ2n) is 10.1. The van der Waals surface area contributed by atoms with Crippen LogP contribution < -0.4 is 10.6 Å². The average Bonchev–Trinajstić information content (AvgIpc) is 2.93. The highest BCUT2D eigenvalue weighted by atomic mass is 16.5. The summed E-state index contributed by atoms with van der Waals surface area (Å²) in [5.74, 6) is -1.94. The molecule has 208 valence electrons. The number of nitrogens with zero attached hydrogens (tertiary/aromatic N) is 1. The summed E-state index contributed by atoms with van der Waals surface area (Å²) in [7, 11) is 1.26. The highest BCUT2D eigenvalue weighted by molar-refractivity contribution is 5.98. The van der Waals surface area contributed by atoms with E-state index >= 15 is 0 Å². The topological polar surface area (TPSA) is 114 Å². The monoisotopic (exact) mass is 535 g/mol. The molecule has 1 heterocycles. The van der Waals surface area contributed by atoms with Crippen molar-refractivity contribution >= 4 is 30.0 Å². The van der Waals surface area contributed by atoms with Crippen molar-refractivity contribution in [3.05, 3.63) is 77.9 Å². The number of methoxy groups -OCH3 is 1. The molecule has 2 unspecified atom stereocenters. The molecule has 3 rings (SSSR count). The number of amides is 3. The van der Waals surface area contributed by atoms with Crippen LogP contribution in [0.15, 0.2) is 66.7 Å². The van der Waals surface area contributed by atoms with Crippen LogP contribution in [0.25, 0.3) is 6.08 Å². The number of hydrogen-bond acceptors (Lipinski definition) is 6. The summed E-state index contributed by atoms with van der Waals surface area (Å²) in [6.07, 6.45) is 2.90. The number of benzene rings is 2. The number of ether oxygens (including phenoxy) is 2. The number of alkyl carbamates (subject to hydrolysis) is 1. The van der Waals surface area contributed by atoms with Crippen molar-refractivity contribution in [2.24, 2.45) is 11.8 Å². The van der Waals surface area contributed by atoms with Gasteiger partial charge in [0.25, 0.3) is 0 Å². The maximum atomic E-state index is 13.5. The summed E-state index contributed by atoms with van der Waals surface area (Å²) in [6, 6.07) is 15.4. The second-order valence-corrected chi connectivity index (χ2v) is 10.1. The van der Waals surface area contributed by atoms with Crippen LogP contribution in [0.1, 0.15) is 38.8 Å². The van der Waals surface area contributed by atoms with Gasteiger partial charge in [0.1, 0.15) is 24.7 Å². The van der Waals surface area contributed by atoms with Crippen molar-refractivity contribution in [2.75, 3.05) is 7.11 Å². The van der Waals surface area contributed by atoms with Gasteiger partial charge in [-0.05, 0) is 23.0 Å². The van der Waals surface area contributed by atoms with E-state index in [1.807, 2.05) is 80.6 Å². The van der Waals surface area contributed by atoms with E-state index in [-0.39, 0.29) is 18.4 Å². The van der Waals surface area contributed by atoms with E-state index < -0.39 is 48.0 Å². The molecule has 1 aliphatic rings. The Bertz CT molecular complexity index is 1170. The first-order chi connectivity index (χ1) is 18.6. The van der Waals surface area contributed by atoms with Crippen LogP contribution in [0.4, 0.5) is 4.79 Å². The van der Waals surface area contributed by atoms with Crippen LogP contribution in [0, 0.1) is 11.8 Å². The molecule has 0 saturated carbocycles. The van der Waals surface area contributed by atoms with Gasteiger partial charge in [-0.3, -0.25) is 9.59 Å². The van der Waals surface area contributed by atoms with Crippen LogP contribution in [0.3, 0.4) is 0 Å². The average molecular weight is 536 g/mol. The van der Waals surface area contributed by atoms with Crippen molar-refractivity contribution in [2.45, 2.75) is 58.5 Å². The van der Waals surface area contributed by atoms with Gasteiger partial charge in [-0.25, -0.2) is 9.59 Å². The van der Waals surface area contributed by atoms with Crippen molar-refractivity contribution in [3.8, 4) is 0 Å². The maximum absolute atomic E-state index is 13.5. The Morgan fingerprint density at radius 3 is 2.13 bits per heavy atom. The highest BCUT2D eigenvalue weighted by Gasteiger charge is 2.53. The van der Waals surface area contributed by atoms with Gasteiger partial charge in [0.2, 0.25) is 11.8 Å². The van der Waals surface area contributed by atoms with E-state index in [1.54, 1.807) is 19.9 Å². The normalized spacial score (nSPS) is 18.4. The van der Waals surface area contributed by atoms with E-state index in [0.29, 0.717) is 0 Å². The lowest BCUT2D eigenvalue weighted by Gasteiger charge is -2.50. The predicted molar refractivity (Wildman–Crippen MR) is 147 cm³/mol. The fourth-order valence-corrected chi connectivity index (χ4v) is 4.48. The van der Waals surface area contributed by atoms with Crippen molar-refractivity contribution in [1.29, 1.82) is 0 Å². The molecule has 2 aromatic carbocycles. The maximum Gasteiger partial charge on any atom is 0.408 e. The Kier molecular flexibility index (Phi) is 10.3. The minimum atomic E-state index is -0.913. The minimum Gasteiger partial charge on any atom is -0.467 e. The predicted octanol–water partition coefficient (Wildman–Crippen LogP) is 3.54. The zero-order valence-electron chi connectivity index (χ0n) is 23.0. The number of nitrogens with one attached hydrogen (secondary N) is 2. The molecule has 3 amide bonds. The van der Waals surface area contributed by atoms with Crippen LogP contribution >= 0.6 is 0 Å². The Morgan fingerprint density at radius 1 is 0.949 bits per heavy atom. The molecule has 2 aromatic rings. The molecule has 1 aliphatic heterocycles. The molecule has 0 aliphatic carbocycles. The molecule has 0 radical (unpaired) electrons. The Hall–Kier alpha value is -4.14. The number of rotatable bonds is 11. The number of carbonyl (C=O) groups is 4. The van der Waals surface area contributed by atoms with Crippen molar-refractivity contribution in [3.63, 3.8) is 0 Å². The molecule has 9 heteroatoms. The summed E-state index contributed by atoms with van der Waals surface area (Å²) in [6.45, 7) is 7.31. The van der Waals surface area contributed by atoms with Gasteiger partial charge in [0, 0.05) is 0 Å². The summed E-state index contributed by atoms with van der Waals surface area (Å²) < 4.78 is 10.2. The molecule has 9 nitrogen and oxygen atoms in total. The Balaban J connectivity index is 1.82. The molecular weight excluding hydrogens is 498 g/mol. The summed E-state index contributed by atoms with van der Waals surface area (Å²) in [4.78, 5) is 53.2. The fourth-order valence-electron chi connectivity index (χ4n) is 4.48. The van der Waals surface area contributed by atoms with Gasteiger partial charge >= 0.3 is 12.1 Å². The smallest absolute Gasteiger partial charge is 0.408 e. The van der Waals surface area contributed by atoms with Gasteiger partial charge in [-0.2, -0.15) is 0 Å². The molecule has 39 heavy (non-hydrogen) atoms. The Labute approximate surface area is 229 Å². The third kappa shape index (κ3) is 7.46.